The number of hydrogen-bond acceptors (Lipinski definition) is 6. The molecule has 0 saturated carbocycles. The fourth-order valence-corrected chi connectivity index (χ4v) is 8.01. The van der Waals surface area contributed by atoms with Crippen LogP contribution in [0.15, 0.2) is 24.3 Å². The van der Waals surface area contributed by atoms with Crippen LogP contribution in [0.4, 0.5) is 0 Å². The van der Waals surface area contributed by atoms with Crippen molar-refractivity contribution in [2.24, 2.45) is 11.5 Å². The molecule has 4 amide bonds. The predicted molar refractivity (Wildman–Crippen MR) is 284 cm³/mol. The van der Waals surface area contributed by atoms with Gasteiger partial charge in [-0.15, -0.1) is 0 Å². The van der Waals surface area contributed by atoms with Gasteiger partial charge in [0, 0.05) is 26.4 Å². The lowest BCUT2D eigenvalue weighted by atomic mass is 10.1. The summed E-state index contributed by atoms with van der Waals surface area (Å²) in [5.74, 6) is -0.178. The van der Waals surface area contributed by atoms with Gasteiger partial charge in [0.05, 0.1) is 0 Å². The SMILES string of the molecule is CCCCCCCC/C=C\CCCCCCCC(=O)NC(CCCCN)C(=O)NC.CCCCCCCC/C=C\CCCCCCCC(=O)NC(CCCCN)C(=O)NCCCCCCC. The quantitative estimate of drug-likeness (QED) is 0.0262. The number of likely N-dealkylation sites (N-methyl/N-ethyl adjacent to an activating group) is 1. The lowest BCUT2D eigenvalue weighted by Gasteiger charge is -2.18. The maximum Gasteiger partial charge on any atom is 0.242 e. The molecule has 10 nitrogen and oxygen atoms in total. The molecule has 0 aliphatic heterocycles. The first-order valence-corrected chi connectivity index (χ1v) is 28.1. The van der Waals surface area contributed by atoms with Crippen molar-refractivity contribution in [3.63, 3.8) is 0 Å². The summed E-state index contributed by atoms with van der Waals surface area (Å²) in [7, 11) is 1.61. The first kappa shape index (κ1) is 65.4. The summed E-state index contributed by atoms with van der Waals surface area (Å²) >= 11 is 0. The average Bonchev–Trinajstić information content (AvgIpc) is 3.31. The Labute approximate surface area is 408 Å². The molecule has 0 aromatic rings. The Morgan fingerprint density at radius 3 is 1.06 bits per heavy atom. The van der Waals surface area contributed by atoms with Crippen LogP contribution < -0.4 is 32.7 Å². The van der Waals surface area contributed by atoms with Crippen molar-refractivity contribution in [3.8, 4) is 0 Å². The van der Waals surface area contributed by atoms with E-state index in [0.29, 0.717) is 45.3 Å². The maximum absolute atomic E-state index is 12.6. The fraction of sp³-hybridized carbons (Fsp3) is 0.857. The topological polar surface area (TPSA) is 168 Å². The van der Waals surface area contributed by atoms with Crippen LogP contribution in [0.5, 0.6) is 0 Å². The minimum absolute atomic E-state index is 0.00321. The van der Waals surface area contributed by atoms with E-state index < -0.39 is 12.1 Å². The first-order valence-electron chi connectivity index (χ1n) is 28.1. The summed E-state index contributed by atoms with van der Waals surface area (Å²) < 4.78 is 0. The van der Waals surface area contributed by atoms with Crippen LogP contribution in [0.2, 0.25) is 0 Å². The third kappa shape index (κ3) is 49.2. The van der Waals surface area contributed by atoms with Crippen molar-refractivity contribution in [1.29, 1.82) is 0 Å². The molecule has 0 aliphatic rings. The van der Waals surface area contributed by atoms with Crippen LogP contribution >= 0.6 is 0 Å². The highest BCUT2D eigenvalue weighted by atomic mass is 16.2. The largest absolute Gasteiger partial charge is 0.357 e. The molecule has 2 atom stereocenters. The number of carbonyl (C=O) groups is 4. The van der Waals surface area contributed by atoms with E-state index in [9.17, 15) is 19.2 Å². The van der Waals surface area contributed by atoms with Crippen LogP contribution in [-0.2, 0) is 19.2 Å². The Morgan fingerprint density at radius 2 is 0.712 bits per heavy atom. The zero-order chi connectivity index (χ0) is 48.8. The van der Waals surface area contributed by atoms with E-state index in [4.69, 9.17) is 11.5 Å². The molecule has 0 heterocycles. The number of unbranched alkanes of at least 4 members (excludes halogenated alkanes) is 28. The van der Waals surface area contributed by atoms with Crippen molar-refractivity contribution in [2.75, 3.05) is 26.7 Å². The van der Waals surface area contributed by atoms with Gasteiger partial charge >= 0.3 is 0 Å². The lowest BCUT2D eigenvalue weighted by molar-refractivity contribution is -0.129. The Kier molecular flexibility index (Phi) is 54.4. The summed E-state index contributed by atoms with van der Waals surface area (Å²) in [4.78, 5) is 49.1. The van der Waals surface area contributed by atoms with Crippen LogP contribution in [0, 0.1) is 0 Å². The molecule has 0 fully saturated rings. The van der Waals surface area contributed by atoms with Crippen molar-refractivity contribution in [2.45, 2.75) is 283 Å². The summed E-state index contributed by atoms with van der Waals surface area (Å²) in [6.07, 6.45) is 53.4. The highest BCUT2D eigenvalue weighted by Gasteiger charge is 2.20. The van der Waals surface area contributed by atoms with Gasteiger partial charge in [0.2, 0.25) is 23.6 Å². The number of nitrogens with two attached hydrogens (primary N) is 2. The summed E-state index contributed by atoms with van der Waals surface area (Å²) in [5, 5.41) is 11.5. The third-order valence-electron chi connectivity index (χ3n) is 12.4. The minimum Gasteiger partial charge on any atom is -0.357 e. The van der Waals surface area contributed by atoms with E-state index in [-0.39, 0.29) is 23.6 Å². The number of amides is 4. The standard InChI is InChI=1S/C31H61N3O2.C25H49N3O2/c1-3-5-7-9-10-11-12-13-14-15-16-17-18-19-21-26-30(35)34-29(25-22-23-27-32)31(36)33-28-24-20-8-6-4-2;1-3-4-5-6-7-8-9-10-11-12-13-14-15-16-17-21-24(29)28-23(25(30)27-2)20-18-19-22-26/h13-14,29H,3-12,15-28,32H2,1-2H3,(H,33,36)(H,34,35);10-11,23H,3-9,12-22,26H2,1-2H3,(H,27,30)(H,28,29)/b14-13-;11-10-. The fourth-order valence-electron chi connectivity index (χ4n) is 8.01. The van der Waals surface area contributed by atoms with Crippen molar-refractivity contribution in [1.82, 2.24) is 21.3 Å². The van der Waals surface area contributed by atoms with Gasteiger partial charge in [-0.25, -0.2) is 0 Å². The number of carbonyl (C=O) groups excluding carboxylic acids is 4. The number of allylic oxidation sites excluding steroid dienone is 4. The average molecular weight is 932 g/mol. The maximum atomic E-state index is 12.6. The second-order valence-corrected chi connectivity index (χ2v) is 18.8. The normalized spacial score (nSPS) is 12.2. The van der Waals surface area contributed by atoms with Crippen LogP contribution in [-0.4, -0.2) is 62.4 Å². The molecule has 0 saturated heterocycles. The molecule has 0 aromatic heterocycles. The molecule has 0 aromatic carbocycles. The first-order chi connectivity index (χ1) is 32.3. The van der Waals surface area contributed by atoms with Crippen molar-refractivity contribution in [3.05, 3.63) is 24.3 Å². The van der Waals surface area contributed by atoms with Crippen LogP contribution in [0.25, 0.3) is 0 Å². The van der Waals surface area contributed by atoms with Crippen molar-refractivity contribution >= 4 is 23.6 Å². The second-order valence-electron chi connectivity index (χ2n) is 18.8. The second kappa shape index (κ2) is 54.9. The number of nitrogens with one attached hydrogen (secondary N) is 4. The zero-order valence-corrected chi connectivity index (χ0v) is 44.0. The van der Waals surface area contributed by atoms with Gasteiger partial charge in [-0.1, -0.05) is 173 Å². The molecule has 0 bridgehead atoms. The van der Waals surface area contributed by atoms with Gasteiger partial charge < -0.3 is 32.7 Å². The molecule has 10 heteroatoms. The van der Waals surface area contributed by atoms with E-state index >= 15 is 0 Å². The zero-order valence-electron chi connectivity index (χ0n) is 44.0. The Balaban J connectivity index is 0. The highest BCUT2D eigenvalue weighted by molar-refractivity contribution is 5.88. The summed E-state index contributed by atoms with van der Waals surface area (Å²) in [6, 6.07) is -0.861. The summed E-state index contributed by atoms with van der Waals surface area (Å²) in [6.45, 7) is 8.66. The Morgan fingerprint density at radius 1 is 0.394 bits per heavy atom. The Bertz CT molecular complexity index is 1130. The van der Waals surface area contributed by atoms with E-state index in [1.807, 2.05) is 0 Å². The molecule has 0 radical (unpaired) electrons. The molecular weight excluding hydrogens is 821 g/mol. The van der Waals surface area contributed by atoms with Crippen LogP contribution in [0.3, 0.4) is 0 Å². The number of hydrogen-bond donors (Lipinski definition) is 6. The molecule has 8 N–H and O–H groups in total. The molecule has 0 aliphatic carbocycles. The summed E-state index contributed by atoms with van der Waals surface area (Å²) in [5.41, 5.74) is 11.1. The lowest BCUT2D eigenvalue weighted by Crippen LogP contribution is -2.47. The molecule has 66 heavy (non-hydrogen) atoms. The van der Waals surface area contributed by atoms with Gasteiger partial charge in [-0.05, 0) is 122 Å². The minimum atomic E-state index is -0.433. The van der Waals surface area contributed by atoms with E-state index in [1.165, 1.54) is 161 Å². The predicted octanol–water partition coefficient (Wildman–Crippen LogP) is 13.1. The smallest absolute Gasteiger partial charge is 0.242 e. The van der Waals surface area contributed by atoms with Crippen LogP contribution in [0.1, 0.15) is 271 Å². The van der Waals surface area contributed by atoms with Gasteiger partial charge in [0.15, 0.2) is 0 Å². The Hall–Kier alpha value is -2.72. The van der Waals surface area contributed by atoms with E-state index in [0.717, 1.165) is 64.2 Å². The molecule has 388 valence electrons. The van der Waals surface area contributed by atoms with Crippen molar-refractivity contribution < 1.29 is 19.2 Å². The molecule has 0 rings (SSSR count). The molecule has 2 unspecified atom stereocenters. The van der Waals surface area contributed by atoms with E-state index in [1.54, 1.807) is 7.05 Å². The third-order valence-corrected chi connectivity index (χ3v) is 12.4. The molecule has 0 spiro atoms. The van der Waals surface area contributed by atoms with E-state index in [2.05, 4.69) is 66.3 Å². The highest BCUT2D eigenvalue weighted by Crippen LogP contribution is 2.13. The molecular formula is C56H110N6O4. The number of rotatable bonds is 48. The monoisotopic (exact) mass is 931 g/mol. The van der Waals surface area contributed by atoms with Gasteiger partial charge in [-0.3, -0.25) is 19.2 Å². The van der Waals surface area contributed by atoms with Gasteiger partial charge in [-0.2, -0.15) is 0 Å². The van der Waals surface area contributed by atoms with Gasteiger partial charge in [0.1, 0.15) is 12.1 Å². The van der Waals surface area contributed by atoms with Gasteiger partial charge in [0.25, 0.3) is 0 Å².